The van der Waals surface area contributed by atoms with Gasteiger partial charge in [-0.15, -0.1) is 12.3 Å². The second kappa shape index (κ2) is 6.25. The van der Waals surface area contributed by atoms with Crippen molar-refractivity contribution in [3.63, 3.8) is 0 Å². The van der Waals surface area contributed by atoms with E-state index < -0.39 is 0 Å². The number of nitrogens with zero attached hydrogens (tertiary/aromatic N) is 2. The molecule has 1 aliphatic rings. The first-order valence-corrected chi connectivity index (χ1v) is 7.40. The van der Waals surface area contributed by atoms with E-state index in [1.54, 1.807) is 6.20 Å². The van der Waals surface area contributed by atoms with Crippen LogP contribution in [0.25, 0.3) is 0 Å². The molecule has 1 fully saturated rings. The molecule has 1 unspecified atom stereocenters. The molecule has 0 radical (unpaired) electrons. The molecule has 0 aliphatic heterocycles. The Morgan fingerprint density at radius 3 is 3.00 bits per heavy atom. The Morgan fingerprint density at radius 2 is 2.42 bits per heavy atom. The Bertz CT molecular complexity index is 543. The molecule has 1 aliphatic carbocycles. The normalized spacial score (nSPS) is 15.8. The summed E-state index contributed by atoms with van der Waals surface area (Å²) in [5.41, 5.74) is 0.645. The van der Waals surface area contributed by atoms with Crippen LogP contribution in [-0.2, 0) is 6.54 Å². The van der Waals surface area contributed by atoms with Gasteiger partial charge in [0.2, 0.25) is 0 Å². The molecular formula is C14H18BrN3O. The Morgan fingerprint density at radius 1 is 1.68 bits per heavy atom. The van der Waals surface area contributed by atoms with Gasteiger partial charge in [-0.1, -0.05) is 6.92 Å². The van der Waals surface area contributed by atoms with Crippen LogP contribution in [0.5, 0.6) is 0 Å². The molecule has 1 saturated carbocycles. The monoisotopic (exact) mass is 323 g/mol. The fraction of sp³-hybridized carbons (Fsp3) is 0.571. The third kappa shape index (κ3) is 3.60. The molecule has 0 spiro atoms. The minimum Gasteiger partial charge on any atom is -0.379 e. The predicted octanol–water partition coefficient (Wildman–Crippen LogP) is 2.63. The van der Waals surface area contributed by atoms with Gasteiger partial charge in [0.25, 0.3) is 5.56 Å². The summed E-state index contributed by atoms with van der Waals surface area (Å²) in [5, 5.41) is 7.50. The van der Waals surface area contributed by atoms with Gasteiger partial charge < -0.3 is 5.32 Å². The quantitative estimate of drug-likeness (QED) is 0.819. The van der Waals surface area contributed by atoms with Crippen molar-refractivity contribution < 1.29 is 0 Å². The van der Waals surface area contributed by atoms with Gasteiger partial charge in [0, 0.05) is 19.0 Å². The number of halogens is 1. The summed E-state index contributed by atoms with van der Waals surface area (Å²) in [7, 11) is 0. The number of hydrogen-bond donors (Lipinski definition) is 1. The summed E-state index contributed by atoms with van der Waals surface area (Å²) in [6.07, 6.45) is 11.0. The Balaban J connectivity index is 2.15. The van der Waals surface area contributed by atoms with Crippen molar-refractivity contribution in [1.82, 2.24) is 9.78 Å². The maximum absolute atomic E-state index is 12.2. The van der Waals surface area contributed by atoms with Crippen LogP contribution in [0.3, 0.4) is 0 Å². The molecule has 1 heterocycles. The summed E-state index contributed by atoms with van der Waals surface area (Å²) in [5.74, 6) is 3.26. The van der Waals surface area contributed by atoms with Gasteiger partial charge in [-0.2, -0.15) is 5.10 Å². The van der Waals surface area contributed by atoms with E-state index >= 15 is 0 Å². The first-order chi connectivity index (χ1) is 9.15. The number of nitrogens with one attached hydrogen (secondary N) is 1. The number of aromatic nitrogens is 2. The van der Waals surface area contributed by atoms with Crippen molar-refractivity contribution in [3.05, 3.63) is 21.0 Å². The van der Waals surface area contributed by atoms with Crippen LogP contribution >= 0.6 is 15.9 Å². The number of anilines is 1. The van der Waals surface area contributed by atoms with Gasteiger partial charge in [0.1, 0.15) is 4.47 Å². The van der Waals surface area contributed by atoms with E-state index in [0.717, 1.165) is 18.7 Å². The number of hydrogen-bond acceptors (Lipinski definition) is 3. The van der Waals surface area contributed by atoms with Crippen molar-refractivity contribution in [2.45, 2.75) is 45.2 Å². The summed E-state index contributed by atoms with van der Waals surface area (Å²) in [6.45, 7) is 2.78. The second-order valence-electron chi connectivity index (χ2n) is 4.96. The van der Waals surface area contributed by atoms with Crippen LogP contribution in [0.1, 0.15) is 32.6 Å². The van der Waals surface area contributed by atoms with Crippen molar-refractivity contribution in [3.8, 4) is 12.3 Å². The average molecular weight is 324 g/mol. The Labute approximate surface area is 121 Å². The fourth-order valence-corrected chi connectivity index (χ4v) is 2.32. The highest BCUT2D eigenvalue weighted by atomic mass is 79.9. The molecule has 1 atom stereocenters. The zero-order valence-electron chi connectivity index (χ0n) is 11.0. The molecule has 5 heteroatoms. The van der Waals surface area contributed by atoms with E-state index in [2.05, 4.69) is 39.2 Å². The number of terminal acetylenes is 1. The lowest BCUT2D eigenvalue weighted by Crippen LogP contribution is -2.27. The number of rotatable bonds is 6. The van der Waals surface area contributed by atoms with Gasteiger partial charge in [-0.05, 0) is 41.1 Å². The molecule has 102 valence electrons. The second-order valence-corrected chi connectivity index (χ2v) is 5.75. The van der Waals surface area contributed by atoms with Crippen LogP contribution in [0.2, 0.25) is 0 Å². The first kappa shape index (κ1) is 14.1. The molecule has 1 aromatic heterocycles. The molecule has 4 nitrogen and oxygen atoms in total. The minimum atomic E-state index is -0.0764. The molecule has 0 aromatic carbocycles. The average Bonchev–Trinajstić information content (AvgIpc) is 3.21. The molecular weight excluding hydrogens is 306 g/mol. The molecule has 2 rings (SSSR count). The minimum absolute atomic E-state index is 0.0764. The maximum Gasteiger partial charge on any atom is 0.283 e. The van der Waals surface area contributed by atoms with Crippen LogP contribution in [0.4, 0.5) is 5.69 Å². The summed E-state index contributed by atoms with van der Waals surface area (Å²) in [6, 6.07) is 0.168. The van der Waals surface area contributed by atoms with Gasteiger partial charge in [-0.3, -0.25) is 4.79 Å². The van der Waals surface area contributed by atoms with Crippen molar-refractivity contribution >= 4 is 21.6 Å². The van der Waals surface area contributed by atoms with Gasteiger partial charge in [0.15, 0.2) is 0 Å². The van der Waals surface area contributed by atoms with E-state index in [4.69, 9.17) is 6.42 Å². The molecule has 0 bridgehead atoms. The van der Waals surface area contributed by atoms with Crippen LogP contribution in [0, 0.1) is 18.3 Å². The molecule has 19 heavy (non-hydrogen) atoms. The lowest BCUT2D eigenvalue weighted by atomic mass is 10.1. The van der Waals surface area contributed by atoms with E-state index in [1.807, 2.05) is 0 Å². The molecule has 0 amide bonds. The summed E-state index contributed by atoms with van der Waals surface area (Å²) in [4.78, 5) is 12.2. The highest BCUT2D eigenvalue weighted by molar-refractivity contribution is 9.10. The van der Waals surface area contributed by atoms with Crippen LogP contribution in [0.15, 0.2) is 15.5 Å². The van der Waals surface area contributed by atoms with Crippen molar-refractivity contribution in [1.29, 1.82) is 0 Å². The molecule has 1 aromatic rings. The molecule has 1 N–H and O–H groups in total. The van der Waals surface area contributed by atoms with Gasteiger partial charge in [-0.25, -0.2) is 4.68 Å². The van der Waals surface area contributed by atoms with Crippen LogP contribution in [-0.4, -0.2) is 15.8 Å². The highest BCUT2D eigenvalue weighted by Gasteiger charge is 2.23. The standard InChI is InChI=1S/C14H18BrN3O/c1-3-5-11(4-2)17-12-8-16-18(9-10-6-7-10)14(19)13(12)15/h1,8,10-11,17H,4-7,9H2,2H3. The third-order valence-corrected chi connectivity index (χ3v) is 4.10. The zero-order valence-corrected chi connectivity index (χ0v) is 12.6. The zero-order chi connectivity index (χ0) is 13.8. The lowest BCUT2D eigenvalue weighted by Gasteiger charge is -2.17. The van der Waals surface area contributed by atoms with E-state index in [1.165, 1.54) is 17.5 Å². The highest BCUT2D eigenvalue weighted by Crippen LogP contribution is 2.30. The van der Waals surface area contributed by atoms with E-state index in [-0.39, 0.29) is 11.6 Å². The van der Waals surface area contributed by atoms with Crippen molar-refractivity contribution in [2.24, 2.45) is 5.92 Å². The molecule has 0 saturated heterocycles. The topological polar surface area (TPSA) is 46.9 Å². The lowest BCUT2D eigenvalue weighted by molar-refractivity contribution is 0.531. The smallest absolute Gasteiger partial charge is 0.283 e. The SMILES string of the molecule is C#CCC(CC)Nc1cnn(CC2CC2)c(=O)c1Br. The van der Waals surface area contributed by atoms with E-state index in [0.29, 0.717) is 16.8 Å². The van der Waals surface area contributed by atoms with Gasteiger partial charge >= 0.3 is 0 Å². The Hall–Kier alpha value is -1.28. The maximum atomic E-state index is 12.2. The third-order valence-electron chi connectivity index (χ3n) is 3.33. The Kier molecular flexibility index (Phi) is 4.65. The van der Waals surface area contributed by atoms with Crippen LogP contribution < -0.4 is 10.9 Å². The summed E-state index contributed by atoms with van der Waals surface area (Å²) < 4.78 is 2.08. The van der Waals surface area contributed by atoms with Gasteiger partial charge in [0.05, 0.1) is 11.9 Å². The predicted molar refractivity (Wildman–Crippen MR) is 80.1 cm³/mol. The summed E-state index contributed by atoms with van der Waals surface area (Å²) >= 11 is 3.36. The van der Waals surface area contributed by atoms with Crippen molar-refractivity contribution in [2.75, 3.05) is 5.32 Å². The van der Waals surface area contributed by atoms with E-state index in [9.17, 15) is 4.79 Å². The fourth-order valence-electron chi connectivity index (χ4n) is 1.90. The first-order valence-electron chi connectivity index (χ1n) is 6.61. The largest absolute Gasteiger partial charge is 0.379 e.